The lowest BCUT2D eigenvalue weighted by Gasteiger charge is -2.57. The minimum absolute atomic E-state index is 0.198. The highest BCUT2D eigenvalue weighted by atomic mass is 16.1. The minimum Gasteiger partial charge on any atom is -0.355 e. The largest absolute Gasteiger partial charge is 0.355 e. The number of amides is 1. The normalized spacial score (nSPS) is 29.7. The Labute approximate surface area is 175 Å². The molecule has 29 heavy (non-hydrogen) atoms. The molecule has 3 heterocycles. The third-order valence-electron chi connectivity index (χ3n) is 7.15. The molecule has 0 aromatic heterocycles. The van der Waals surface area contributed by atoms with Gasteiger partial charge in [-0.05, 0) is 61.8 Å². The number of rotatable bonds is 6. The summed E-state index contributed by atoms with van der Waals surface area (Å²) < 4.78 is 0. The lowest BCUT2D eigenvalue weighted by molar-refractivity contribution is -0.122. The number of nitrogens with zero attached hydrogens (tertiary/aromatic N) is 3. The van der Waals surface area contributed by atoms with Gasteiger partial charge in [-0.3, -0.25) is 14.6 Å². The fourth-order valence-corrected chi connectivity index (χ4v) is 5.95. The van der Waals surface area contributed by atoms with Crippen molar-refractivity contribution in [1.29, 1.82) is 5.26 Å². The lowest BCUT2D eigenvalue weighted by Crippen LogP contribution is -2.65. The van der Waals surface area contributed by atoms with Crippen LogP contribution in [0, 0.1) is 23.2 Å². The summed E-state index contributed by atoms with van der Waals surface area (Å²) in [5, 5.41) is 12.4. The Morgan fingerprint density at radius 1 is 1.28 bits per heavy atom. The van der Waals surface area contributed by atoms with Gasteiger partial charge in [0.25, 0.3) is 0 Å². The van der Waals surface area contributed by atoms with Gasteiger partial charge in [0.15, 0.2) is 0 Å². The van der Waals surface area contributed by atoms with Crippen LogP contribution in [0.5, 0.6) is 0 Å². The highest BCUT2D eigenvalue weighted by Gasteiger charge is 2.46. The van der Waals surface area contributed by atoms with Crippen LogP contribution in [0.15, 0.2) is 24.3 Å². The molecule has 3 saturated heterocycles. The number of carbonyl (C=O) groups excluding carboxylic acids is 1. The maximum absolute atomic E-state index is 12.1. The third kappa shape index (κ3) is 4.65. The molecule has 1 aromatic carbocycles. The Hall–Kier alpha value is -1.90. The van der Waals surface area contributed by atoms with Gasteiger partial charge in [0, 0.05) is 44.7 Å². The van der Waals surface area contributed by atoms with Crippen molar-refractivity contribution >= 4 is 5.91 Å². The van der Waals surface area contributed by atoms with Crippen LogP contribution in [0.2, 0.25) is 0 Å². The van der Waals surface area contributed by atoms with Crippen molar-refractivity contribution in [2.24, 2.45) is 11.8 Å². The topological polar surface area (TPSA) is 59.4 Å². The molecule has 0 saturated carbocycles. The molecule has 2 bridgehead atoms. The molecule has 1 aromatic rings. The molecule has 1 N–H and O–H groups in total. The van der Waals surface area contributed by atoms with E-state index in [-0.39, 0.29) is 5.91 Å². The Kier molecular flexibility index (Phi) is 6.52. The molecule has 3 aliphatic rings. The smallest absolute Gasteiger partial charge is 0.220 e. The van der Waals surface area contributed by atoms with Crippen molar-refractivity contribution in [3.05, 3.63) is 35.4 Å². The molecule has 0 unspecified atom stereocenters. The number of benzene rings is 1. The highest BCUT2D eigenvalue weighted by Crippen LogP contribution is 2.41. The summed E-state index contributed by atoms with van der Waals surface area (Å²) in [4.78, 5) is 17.5. The first kappa shape index (κ1) is 20.4. The van der Waals surface area contributed by atoms with E-state index in [1.807, 2.05) is 18.2 Å². The van der Waals surface area contributed by atoms with Crippen molar-refractivity contribution in [2.75, 3.05) is 26.2 Å². The number of likely N-dealkylation sites (tertiary alicyclic amines) is 1. The van der Waals surface area contributed by atoms with Crippen molar-refractivity contribution in [2.45, 2.75) is 64.1 Å². The summed E-state index contributed by atoms with van der Waals surface area (Å²) in [6.07, 6.45) is 6.76. The Balaban J connectivity index is 1.47. The van der Waals surface area contributed by atoms with Gasteiger partial charge in [0.1, 0.15) is 0 Å². The van der Waals surface area contributed by atoms with Gasteiger partial charge in [-0.1, -0.05) is 25.5 Å². The maximum atomic E-state index is 12.1. The molecule has 4 atom stereocenters. The lowest BCUT2D eigenvalue weighted by atomic mass is 9.72. The first-order valence-electron chi connectivity index (χ1n) is 11.4. The third-order valence-corrected chi connectivity index (χ3v) is 7.15. The van der Waals surface area contributed by atoms with Crippen LogP contribution in [0.1, 0.15) is 56.6 Å². The second-order valence-electron chi connectivity index (χ2n) is 9.18. The summed E-state index contributed by atoms with van der Waals surface area (Å²) in [5.74, 6) is 1.55. The van der Waals surface area contributed by atoms with E-state index < -0.39 is 0 Å². The number of carbonyl (C=O) groups is 1. The van der Waals surface area contributed by atoms with E-state index >= 15 is 0 Å². The van der Waals surface area contributed by atoms with Gasteiger partial charge in [-0.25, -0.2) is 0 Å². The Morgan fingerprint density at radius 2 is 2.14 bits per heavy atom. The molecule has 3 fully saturated rings. The number of piperidine rings is 3. The number of fused-ring (bicyclic) bond motifs is 4. The van der Waals surface area contributed by atoms with E-state index in [9.17, 15) is 10.1 Å². The number of hydrogen-bond donors (Lipinski definition) is 1. The average Bonchev–Trinajstić information content (AvgIpc) is 2.74. The molecule has 0 radical (unpaired) electrons. The van der Waals surface area contributed by atoms with Gasteiger partial charge in [-0.2, -0.15) is 5.26 Å². The number of nitrogens with one attached hydrogen (secondary N) is 1. The van der Waals surface area contributed by atoms with Crippen LogP contribution in [0.4, 0.5) is 0 Å². The minimum atomic E-state index is 0.198. The average molecular weight is 395 g/mol. The molecule has 5 nitrogen and oxygen atoms in total. The molecule has 0 aliphatic carbocycles. The van der Waals surface area contributed by atoms with Crippen LogP contribution in [-0.4, -0.2) is 54.0 Å². The van der Waals surface area contributed by atoms with E-state index in [1.54, 1.807) is 0 Å². The monoisotopic (exact) mass is 394 g/mol. The van der Waals surface area contributed by atoms with Crippen molar-refractivity contribution in [3.8, 4) is 6.07 Å². The van der Waals surface area contributed by atoms with E-state index in [1.165, 1.54) is 37.8 Å². The molecule has 0 spiro atoms. The van der Waals surface area contributed by atoms with Crippen LogP contribution in [-0.2, 0) is 11.3 Å². The molecular weight excluding hydrogens is 360 g/mol. The van der Waals surface area contributed by atoms with Crippen molar-refractivity contribution in [1.82, 2.24) is 15.1 Å². The van der Waals surface area contributed by atoms with Crippen molar-refractivity contribution in [3.63, 3.8) is 0 Å². The molecular formula is C24H34N4O. The Bertz CT molecular complexity index is 757. The van der Waals surface area contributed by atoms with Crippen LogP contribution < -0.4 is 5.32 Å². The summed E-state index contributed by atoms with van der Waals surface area (Å²) >= 11 is 0. The van der Waals surface area contributed by atoms with E-state index in [4.69, 9.17) is 0 Å². The summed E-state index contributed by atoms with van der Waals surface area (Å²) in [7, 11) is 0. The van der Waals surface area contributed by atoms with Crippen LogP contribution in [0.25, 0.3) is 0 Å². The van der Waals surface area contributed by atoms with Crippen molar-refractivity contribution < 1.29 is 4.79 Å². The standard InChI is InChI=1S/C24H34N4O/c1-2-6-24(29)26-14-23-21-12-20(22-9-3-4-10-28(22)23)16-27(17-21)15-19-8-5-7-18(11-19)13-25/h5,7-8,11,20-23H,2-4,6,9-10,12,14-17H2,1H3,(H,26,29)/t20-,21+,22+,23+/m1/s1. The predicted octanol–water partition coefficient (Wildman–Crippen LogP) is 3.15. The maximum Gasteiger partial charge on any atom is 0.220 e. The molecule has 1 amide bonds. The van der Waals surface area contributed by atoms with Gasteiger partial charge in [0.05, 0.1) is 11.6 Å². The van der Waals surface area contributed by atoms with Crippen LogP contribution in [0.3, 0.4) is 0 Å². The molecule has 4 rings (SSSR count). The second-order valence-corrected chi connectivity index (χ2v) is 9.18. The summed E-state index contributed by atoms with van der Waals surface area (Å²) in [6, 6.07) is 11.4. The molecule has 156 valence electrons. The SMILES string of the molecule is CCCC(=O)NC[C@H]1[C@H]2C[C@H](CN(Cc3cccc(C#N)c3)C2)[C@@H]2CCCCN21. The van der Waals surface area contributed by atoms with E-state index in [2.05, 4.69) is 34.2 Å². The number of nitriles is 1. The first-order chi connectivity index (χ1) is 14.2. The summed E-state index contributed by atoms with van der Waals surface area (Å²) in [6.45, 7) is 7.21. The fourth-order valence-electron chi connectivity index (χ4n) is 5.95. The van der Waals surface area contributed by atoms with E-state index in [0.29, 0.717) is 24.4 Å². The molecule has 5 heteroatoms. The zero-order valence-corrected chi connectivity index (χ0v) is 17.6. The molecule has 3 aliphatic heterocycles. The zero-order chi connectivity index (χ0) is 20.2. The zero-order valence-electron chi connectivity index (χ0n) is 17.6. The quantitative estimate of drug-likeness (QED) is 0.805. The second kappa shape index (κ2) is 9.28. The Morgan fingerprint density at radius 3 is 2.97 bits per heavy atom. The fraction of sp³-hybridized carbons (Fsp3) is 0.667. The number of hydrogen-bond acceptors (Lipinski definition) is 4. The van der Waals surface area contributed by atoms with Gasteiger partial charge >= 0.3 is 0 Å². The van der Waals surface area contributed by atoms with Gasteiger partial charge in [-0.15, -0.1) is 0 Å². The van der Waals surface area contributed by atoms with Crippen LogP contribution >= 0.6 is 0 Å². The van der Waals surface area contributed by atoms with Gasteiger partial charge in [0.2, 0.25) is 5.91 Å². The van der Waals surface area contributed by atoms with E-state index in [0.717, 1.165) is 44.1 Å². The highest BCUT2D eigenvalue weighted by molar-refractivity contribution is 5.75. The first-order valence-corrected chi connectivity index (χ1v) is 11.4. The van der Waals surface area contributed by atoms with Gasteiger partial charge < -0.3 is 5.32 Å². The summed E-state index contributed by atoms with van der Waals surface area (Å²) in [5.41, 5.74) is 1.98. The predicted molar refractivity (Wildman–Crippen MR) is 114 cm³/mol.